The Labute approximate surface area is 178 Å². The third-order valence-corrected chi connectivity index (χ3v) is 5.67. The number of nitrogens with one attached hydrogen (secondary N) is 1. The minimum atomic E-state index is -0.0149. The number of nitrogens with zero attached hydrogens (tertiary/aromatic N) is 2. The molecule has 1 aliphatic rings. The molecule has 1 saturated heterocycles. The van der Waals surface area contributed by atoms with Crippen molar-refractivity contribution < 1.29 is 14.3 Å². The van der Waals surface area contributed by atoms with E-state index in [1.807, 2.05) is 62.1 Å². The average Bonchev–Trinajstić information content (AvgIpc) is 2.72. The zero-order valence-electron chi connectivity index (χ0n) is 18.3. The molecule has 1 aliphatic heterocycles. The van der Waals surface area contributed by atoms with Crippen molar-refractivity contribution in [3.63, 3.8) is 0 Å². The van der Waals surface area contributed by atoms with Crippen LogP contribution in [-0.4, -0.2) is 61.4 Å². The van der Waals surface area contributed by atoms with Gasteiger partial charge in [0.25, 0.3) is 0 Å². The molecule has 0 aliphatic carbocycles. The van der Waals surface area contributed by atoms with E-state index in [-0.39, 0.29) is 11.8 Å². The fourth-order valence-corrected chi connectivity index (χ4v) is 3.81. The summed E-state index contributed by atoms with van der Waals surface area (Å²) in [6.07, 6.45) is 0.365. The van der Waals surface area contributed by atoms with E-state index in [1.165, 1.54) is 0 Å². The van der Waals surface area contributed by atoms with Crippen molar-refractivity contribution in [3.8, 4) is 5.75 Å². The summed E-state index contributed by atoms with van der Waals surface area (Å²) in [6, 6.07) is 11.9. The molecule has 30 heavy (non-hydrogen) atoms. The van der Waals surface area contributed by atoms with Gasteiger partial charge in [-0.25, -0.2) is 0 Å². The van der Waals surface area contributed by atoms with Gasteiger partial charge in [0, 0.05) is 31.9 Å². The van der Waals surface area contributed by atoms with Crippen molar-refractivity contribution in [3.05, 3.63) is 58.7 Å². The largest absolute Gasteiger partial charge is 0.496 e. The van der Waals surface area contributed by atoms with Crippen LogP contribution in [0.25, 0.3) is 0 Å². The van der Waals surface area contributed by atoms with E-state index in [0.717, 1.165) is 33.7 Å². The Bertz CT molecular complexity index is 898. The lowest BCUT2D eigenvalue weighted by molar-refractivity contribution is -0.132. The number of hydrogen-bond donors (Lipinski definition) is 1. The topological polar surface area (TPSA) is 61.9 Å². The molecule has 1 heterocycles. The molecule has 2 amide bonds. The van der Waals surface area contributed by atoms with Crippen molar-refractivity contribution >= 4 is 17.5 Å². The van der Waals surface area contributed by atoms with Crippen LogP contribution >= 0.6 is 0 Å². The Balaban J connectivity index is 1.48. The maximum Gasteiger partial charge on any atom is 0.238 e. The number of ether oxygens (including phenoxy) is 1. The smallest absolute Gasteiger partial charge is 0.238 e. The molecule has 0 unspecified atom stereocenters. The highest BCUT2D eigenvalue weighted by Crippen LogP contribution is 2.21. The minimum absolute atomic E-state index is 0.0149. The molecule has 6 nitrogen and oxygen atoms in total. The first-order valence-electron chi connectivity index (χ1n) is 10.4. The quantitative estimate of drug-likeness (QED) is 0.797. The van der Waals surface area contributed by atoms with Crippen LogP contribution in [0.1, 0.15) is 22.3 Å². The van der Waals surface area contributed by atoms with Crippen molar-refractivity contribution in [1.29, 1.82) is 0 Å². The molecule has 0 aromatic heterocycles. The first kappa shape index (κ1) is 21.8. The van der Waals surface area contributed by atoms with Crippen LogP contribution in [0.15, 0.2) is 36.4 Å². The fourth-order valence-electron chi connectivity index (χ4n) is 3.81. The first-order chi connectivity index (χ1) is 14.4. The zero-order valence-corrected chi connectivity index (χ0v) is 18.3. The Morgan fingerprint density at radius 1 is 0.967 bits per heavy atom. The molecule has 0 bridgehead atoms. The van der Waals surface area contributed by atoms with Crippen LogP contribution in [0.4, 0.5) is 5.69 Å². The number of piperazine rings is 1. The average molecular weight is 410 g/mol. The van der Waals surface area contributed by atoms with Crippen molar-refractivity contribution in [1.82, 2.24) is 9.80 Å². The summed E-state index contributed by atoms with van der Waals surface area (Å²) >= 11 is 0. The number of hydrogen-bond acceptors (Lipinski definition) is 4. The Morgan fingerprint density at radius 3 is 2.27 bits per heavy atom. The molecule has 2 aromatic rings. The van der Waals surface area contributed by atoms with E-state index in [4.69, 9.17) is 4.74 Å². The molecule has 0 atom stereocenters. The Morgan fingerprint density at radius 2 is 1.63 bits per heavy atom. The number of amides is 2. The highest BCUT2D eigenvalue weighted by atomic mass is 16.5. The molecule has 1 N–H and O–H groups in total. The summed E-state index contributed by atoms with van der Waals surface area (Å²) in [4.78, 5) is 29.1. The second kappa shape index (κ2) is 9.76. The van der Waals surface area contributed by atoms with Crippen LogP contribution in [0.3, 0.4) is 0 Å². The van der Waals surface area contributed by atoms with Gasteiger partial charge in [-0.2, -0.15) is 0 Å². The van der Waals surface area contributed by atoms with Gasteiger partial charge in [-0.3, -0.25) is 14.5 Å². The van der Waals surface area contributed by atoms with Crippen LogP contribution in [0, 0.1) is 20.8 Å². The van der Waals surface area contributed by atoms with Crippen LogP contribution < -0.4 is 10.1 Å². The normalized spacial score (nSPS) is 14.5. The van der Waals surface area contributed by atoms with E-state index < -0.39 is 0 Å². The summed E-state index contributed by atoms with van der Waals surface area (Å²) < 4.78 is 5.35. The fraction of sp³-hybridized carbons (Fsp3) is 0.417. The summed E-state index contributed by atoms with van der Waals surface area (Å²) in [5.41, 5.74) is 5.03. The predicted molar refractivity (Wildman–Crippen MR) is 119 cm³/mol. The molecule has 1 fully saturated rings. The van der Waals surface area contributed by atoms with Crippen LogP contribution in [0.5, 0.6) is 5.75 Å². The maximum atomic E-state index is 12.7. The molecule has 2 aromatic carbocycles. The predicted octanol–water partition coefficient (Wildman–Crippen LogP) is 2.95. The number of methoxy groups -OCH3 is 1. The molecule has 6 heteroatoms. The van der Waals surface area contributed by atoms with E-state index >= 15 is 0 Å². The van der Waals surface area contributed by atoms with Crippen molar-refractivity contribution in [2.75, 3.05) is 45.2 Å². The lowest BCUT2D eigenvalue weighted by atomic mass is 10.1. The number of para-hydroxylation sites is 1. The second-order valence-electron chi connectivity index (χ2n) is 7.95. The van der Waals surface area contributed by atoms with E-state index in [2.05, 4.69) is 10.2 Å². The van der Waals surface area contributed by atoms with E-state index in [1.54, 1.807) is 7.11 Å². The molecule has 160 valence electrons. The highest BCUT2D eigenvalue weighted by Gasteiger charge is 2.23. The monoisotopic (exact) mass is 409 g/mol. The third-order valence-electron chi connectivity index (χ3n) is 5.67. The van der Waals surface area contributed by atoms with Gasteiger partial charge < -0.3 is 15.0 Å². The molecule has 0 radical (unpaired) electrons. The molecule has 3 rings (SSSR count). The number of benzene rings is 2. The first-order valence-corrected chi connectivity index (χ1v) is 10.4. The van der Waals surface area contributed by atoms with Gasteiger partial charge >= 0.3 is 0 Å². The lowest BCUT2D eigenvalue weighted by Gasteiger charge is -2.34. The van der Waals surface area contributed by atoms with Gasteiger partial charge in [-0.15, -0.1) is 0 Å². The lowest BCUT2D eigenvalue weighted by Crippen LogP contribution is -2.50. The van der Waals surface area contributed by atoms with Crippen LogP contribution in [0.2, 0.25) is 0 Å². The van der Waals surface area contributed by atoms with Gasteiger partial charge in [0.2, 0.25) is 11.8 Å². The number of anilines is 1. The number of rotatable bonds is 6. The minimum Gasteiger partial charge on any atom is -0.496 e. The number of carbonyl (C=O) groups is 2. The van der Waals surface area contributed by atoms with Gasteiger partial charge in [0.1, 0.15) is 5.75 Å². The summed E-state index contributed by atoms with van der Waals surface area (Å²) in [6.45, 7) is 8.99. The summed E-state index contributed by atoms with van der Waals surface area (Å²) in [7, 11) is 1.64. The second-order valence-corrected chi connectivity index (χ2v) is 7.95. The van der Waals surface area contributed by atoms with Crippen molar-refractivity contribution in [2.24, 2.45) is 0 Å². The van der Waals surface area contributed by atoms with Gasteiger partial charge in [0.15, 0.2) is 0 Å². The van der Waals surface area contributed by atoms with Gasteiger partial charge in [-0.05, 0) is 49.1 Å². The highest BCUT2D eigenvalue weighted by molar-refractivity contribution is 5.93. The Hall–Kier alpha value is -2.86. The van der Waals surface area contributed by atoms with Gasteiger partial charge in [-0.1, -0.05) is 30.3 Å². The van der Waals surface area contributed by atoms with Gasteiger partial charge in [0.05, 0.1) is 20.1 Å². The third kappa shape index (κ3) is 5.39. The number of carbonyl (C=O) groups excluding carboxylic acids is 2. The molecular formula is C24H31N3O3. The maximum absolute atomic E-state index is 12.7. The molecule has 0 spiro atoms. The Kier molecular flexibility index (Phi) is 7.11. The standard InChI is InChI=1S/C24H31N3O3/c1-17-8-9-20(14-21(17)30-4)15-23(29)27-12-10-26(11-13-27)16-22(28)25-24-18(2)6-5-7-19(24)3/h5-9,14H,10-13,15-16H2,1-4H3,(H,25,28). The zero-order chi connectivity index (χ0) is 21.7. The van der Waals surface area contributed by atoms with E-state index in [9.17, 15) is 9.59 Å². The van der Waals surface area contributed by atoms with E-state index in [0.29, 0.717) is 39.1 Å². The van der Waals surface area contributed by atoms with Crippen molar-refractivity contribution in [2.45, 2.75) is 27.2 Å². The summed E-state index contributed by atoms with van der Waals surface area (Å²) in [5.74, 6) is 0.902. The number of aryl methyl sites for hydroxylation is 3. The summed E-state index contributed by atoms with van der Waals surface area (Å²) in [5, 5.41) is 3.03. The molecule has 0 saturated carbocycles. The molecular weight excluding hydrogens is 378 g/mol. The SMILES string of the molecule is COc1cc(CC(=O)N2CCN(CC(=O)Nc3c(C)cccc3C)CC2)ccc1C. The van der Waals surface area contributed by atoms with Crippen LogP contribution in [-0.2, 0) is 16.0 Å².